The van der Waals surface area contributed by atoms with Crippen molar-refractivity contribution in [3.63, 3.8) is 0 Å². The van der Waals surface area contributed by atoms with E-state index in [0.29, 0.717) is 11.4 Å². The summed E-state index contributed by atoms with van der Waals surface area (Å²) in [6, 6.07) is 15.2. The fourth-order valence-electron chi connectivity index (χ4n) is 3.00. The highest BCUT2D eigenvalue weighted by Gasteiger charge is 2.37. The van der Waals surface area contributed by atoms with Crippen LogP contribution in [0.3, 0.4) is 0 Å². The highest BCUT2D eigenvalue weighted by Crippen LogP contribution is 2.35. The van der Waals surface area contributed by atoms with Crippen LogP contribution in [0.1, 0.15) is 24.4 Å². The number of benzene rings is 2. The van der Waals surface area contributed by atoms with Crippen molar-refractivity contribution in [3.05, 3.63) is 59.9 Å². The smallest absolute Gasteiger partial charge is 0.149 e. The van der Waals surface area contributed by atoms with Gasteiger partial charge >= 0.3 is 0 Å². The van der Waals surface area contributed by atoms with E-state index in [0.717, 1.165) is 16.7 Å². The van der Waals surface area contributed by atoms with E-state index in [1.807, 2.05) is 79.1 Å². The van der Waals surface area contributed by atoms with E-state index in [4.69, 9.17) is 0 Å². The lowest BCUT2D eigenvalue weighted by Gasteiger charge is -2.29. The molecule has 0 saturated heterocycles. The van der Waals surface area contributed by atoms with Gasteiger partial charge in [0, 0.05) is 26.8 Å². The summed E-state index contributed by atoms with van der Waals surface area (Å²) in [5.74, 6) is 0.438. The minimum Gasteiger partial charge on any atom is -0.385 e. The minimum atomic E-state index is -1.51. The molecule has 2 aromatic carbocycles. The molecular weight excluding hydrogens is 302 g/mol. The molecule has 0 aliphatic carbocycles. The summed E-state index contributed by atoms with van der Waals surface area (Å²) in [7, 11) is 5.77. The van der Waals surface area contributed by atoms with E-state index in [1.165, 1.54) is 0 Å². The quantitative estimate of drug-likeness (QED) is 0.774. The van der Waals surface area contributed by atoms with Crippen LogP contribution in [0, 0.1) is 0 Å². The van der Waals surface area contributed by atoms with Crippen LogP contribution in [0.2, 0.25) is 0 Å². The van der Waals surface area contributed by atoms with E-state index < -0.39 is 11.7 Å². The standard InChI is InChI=1S/C19H23N3O2/c1-19(24,17(23)13-9-11-14(12-10-13)21(2)3)18-20-15-7-5-6-8-16(15)22(18)4/h5-12,17,23-24H,1-4H3/t17-,19-/m1/s1. The third-order valence-corrected chi connectivity index (χ3v) is 4.50. The Morgan fingerprint density at radius 3 is 2.29 bits per heavy atom. The second kappa shape index (κ2) is 5.92. The number of aliphatic hydroxyl groups excluding tert-OH is 1. The molecule has 0 fully saturated rings. The number of aryl methyl sites for hydroxylation is 1. The first kappa shape index (κ1) is 16.5. The lowest BCUT2D eigenvalue weighted by Crippen LogP contribution is -2.33. The monoisotopic (exact) mass is 325 g/mol. The number of hydrogen-bond acceptors (Lipinski definition) is 4. The van der Waals surface area contributed by atoms with E-state index >= 15 is 0 Å². The van der Waals surface area contributed by atoms with Crippen molar-refractivity contribution in [1.29, 1.82) is 0 Å². The van der Waals surface area contributed by atoms with Gasteiger partial charge in [-0.1, -0.05) is 24.3 Å². The van der Waals surface area contributed by atoms with E-state index in [2.05, 4.69) is 4.98 Å². The van der Waals surface area contributed by atoms with Crippen LogP contribution in [0.5, 0.6) is 0 Å². The predicted molar refractivity (Wildman–Crippen MR) is 96.0 cm³/mol. The maximum Gasteiger partial charge on any atom is 0.149 e. The molecule has 0 aliphatic heterocycles. The van der Waals surface area contributed by atoms with Gasteiger partial charge in [-0.3, -0.25) is 0 Å². The van der Waals surface area contributed by atoms with Gasteiger partial charge in [0.25, 0.3) is 0 Å². The highest BCUT2D eigenvalue weighted by atomic mass is 16.3. The van der Waals surface area contributed by atoms with E-state index in [9.17, 15) is 10.2 Å². The van der Waals surface area contributed by atoms with E-state index in [1.54, 1.807) is 6.92 Å². The zero-order valence-electron chi connectivity index (χ0n) is 14.4. The molecule has 3 rings (SSSR count). The topological polar surface area (TPSA) is 61.5 Å². The third-order valence-electron chi connectivity index (χ3n) is 4.50. The van der Waals surface area contributed by atoms with Gasteiger partial charge < -0.3 is 19.7 Å². The van der Waals surface area contributed by atoms with Gasteiger partial charge in [-0.25, -0.2) is 4.98 Å². The Kier molecular flexibility index (Phi) is 4.07. The minimum absolute atomic E-state index is 0.438. The van der Waals surface area contributed by atoms with Gasteiger partial charge in [0.2, 0.25) is 0 Å². The molecule has 1 aromatic heterocycles. The zero-order chi connectivity index (χ0) is 17.5. The summed E-state index contributed by atoms with van der Waals surface area (Å²) in [4.78, 5) is 6.51. The lowest BCUT2D eigenvalue weighted by atomic mass is 9.92. The zero-order valence-corrected chi connectivity index (χ0v) is 14.4. The van der Waals surface area contributed by atoms with Crippen molar-refractivity contribution in [3.8, 4) is 0 Å². The van der Waals surface area contributed by atoms with Gasteiger partial charge in [-0.05, 0) is 36.8 Å². The van der Waals surface area contributed by atoms with Crippen LogP contribution in [0.15, 0.2) is 48.5 Å². The Morgan fingerprint density at radius 1 is 1.08 bits per heavy atom. The maximum atomic E-state index is 11.0. The Labute approximate surface area is 141 Å². The molecule has 3 aromatic rings. The normalized spacial score (nSPS) is 15.2. The van der Waals surface area contributed by atoms with Crippen molar-refractivity contribution in [2.24, 2.45) is 7.05 Å². The van der Waals surface area contributed by atoms with E-state index in [-0.39, 0.29) is 0 Å². The molecule has 24 heavy (non-hydrogen) atoms. The molecule has 0 radical (unpaired) electrons. The molecule has 2 atom stereocenters. The van der Waals surface area contributed by atoms with Crippen LogP contribution in [-0.2, 0) is 12.6 Å². The summed E-state index contributed by atoms with van der Waals surface area (Å²) < 4.78 is 1.83. The van der Waals surface area contributed by atoms with Crippen LogP contribution < -0.4 is 4.90 Å². The Bertz CT molecular complexity index is 851. The number of imidazole rings is 1. The third kappa shape index (κ3) is 2.66. The average Bonchev–Trinajstić information content (AvgIpc) is 2.92. The van der Waals surface area contributed by atoms with Gasteiger partial charge in [-0.2, -0.15) is 0 Å². The Balaban J connectivity index is 2.00. The van der Waals surface area contributed by atoms with Crippen LogP contribution in [0.25, 0.3) is 11.0 Å². The Morgan fingerprint density at radius 2 is 1.71 bits per heavy atom. The number of nitrogens with zero attached hydrogens (tertiary/aromatic N) is 3. The first-order valence-corrected chi connectivity index (χ1v) is 7.92. The van der Waals surface area contributed by atoms with Crippen LogP contribution in [-0.4, -0.2) is 33.9 Å². The van der Waals surface area contributed by atoms with Crippen molar-refractivity contribution in [2.75, 3.05) is 19.0 Å². The summed E-state index contributed by atoms with van der Waals surface area (Å²) in [5.41, 5.74) is 1.90. The SMILES string of the molecule is CN(C)c1ccc([C@@H](O)[C@@](C)(O)c2nc3ccccc3n2C)cc1. The van der Waals surface area contributed by atoms with Crippen molar-refractivity contribution in [2.45, 2.75) is 18.6 Å². The number of aromatic nitrogens is 2. The number of hydrogen-bond donors (Lipinski definition) is 2. The number of rotatable bonds is 4. The molecule has 0 unspecified atom stereocenters. The number of aliphatic hydroxyl groups is 2. The first-order valence-electron chi connectivity index (χ1n) is 7.92. The Hall–Kier alpha value is -2.37. The van der Waals surface area contributed by atoms with Gasteiger partial charge in [0.1, 0.15) is 17.5 Å². The van der Waals surface area contributed by atoms with Gasteiger partial charge in [0.05, 0.1) is 11.0 Å². The maximum absolute atomic E-state index is 11.0. The van der Waals surface area contributed by atoms with Gasteiger partial charge in [-0.15, -0.1) is 0 Å². The van der Waals surface area contributed by atoms with Crippen LogP contribution >= 0.6 is 0 Å². The molecule has 5 nitrogen and oxygen atoms in total. The van der Waals surface area contributed by atoms with Gasteiger partial charge in [0.15, 0.2) is 0 Å². The summed E-state index contributed by atoms with van der Waals surface area (Å²) in [5, 5.41) is 21.8. The van der Waals surface area contributed by atoms with Crippen molar-refractivity contribution < 1.29 is 10.2 Å². The first-order chi connectivity index (χ1) is 11.3. The summed E-state index contributed by atoms with van der Waals surface area (Å²) >= 11 is 0. The molecule has 5 heteroatoms. The van der Waals surface area contributed by atoms with Crippen molar-refractivity contribution >= 4 is 16.7 Å². The molecular formula is C19H23N3O2. The number of fused-ring (bicyclic) bond motifs is 1. The molecule has 126 valence electrons. The molecule has 0 aliphatic rings. The predicted octanol–water partition coefficient (Wildman–Crippen LogP) is 2.58. The second-order valence-electron chi connectivity index (χ2n) is 6.52. The van der Waals surface area contributed by atoms with Crippen molar-refractivity contribution in [1.82, 2.24) is 9.55 Å². The summed E-state index contributed by atoms with van der Waals surface area (Å²) in [6.45, 7) is 1.60. The number of para-hydroxylation sites is 2. The number of anilines is 1. The molecule has 0 bridgehead atoms. The summed E-state index contributed by atoms with van der Waals surface area (Å²) in [6.07, 6.45) is -1.08. The molecule has 0 saturated carbocycles. The molecule has 0 spiro atoms. The molecule has 0 amide bonds. The largest absolute Gasteiger partial charge is 0.385 e. The average molecular weight is 325 g/mol. The fourth-order valence-corrected chi connectivity index (χ4v) is 3.00. The molecule has 2 N–H and O–H groups in total. The fraction of sp³-hybridized carbons (Fsp3) is 0.316. The molecule has 1 heterocycles. The second-order valence-corrected chi connectivity index (χ2v) is 6.52. The lowest BCUT2D eigenvalue weighted by molar-refractivity contribution is -0.0764. The highest BCUT2D eigenvalue weighted by molar-refractivity contribution is 5.76. The van der Waals surface area contributed by atoms with Crippen LogP contribution in [0.4, 0.5) is 5.69 Å².